The Hall–Kier alpha value is -2.37. The van der Waals surface area contributed by atoms with E-state index in [4.69, 9.17) is 10.8 Å². The number of hydrogen-bond acceptors (Lipinski definition) is 3. The van der Waals surface area contributed by atoms with Crippen LogP contribution >= 0.6 is 0 Å². The predicted molar refractivity (Wildman–Crippen MR) is 61.2 cm³/mol. The van der Waals surface area contributed by atoms with Gasteiger partial charge in [-0.2, -0.15) is 0 Å². The van der Waals surface area contributed by atoms with E-state index in [-0.39, 0.29) is 0 Å². The molecule has 90 valence electrons. The number of primary amides is 2. The highest BCUT2D eigenvalue weighted by Gasteiger charge is 1.86. The molecule has 0 atom stereocenters. The molecule has 0 spiro atoms. The number of amides is 2. The van der Waals surface area contributed by atoms with Crippen molar-refractivity contribution in [1.29, 1.82) is 0 Å². The lowest BCUT2D eigenvalue weighted by molar-refractivity contribution is -0.131. The molecule has 0 saturated heterocycles. The number of carbonyl (C=O) groups excluding carboxylic acids is 2. The third-order valence-corrected chi connectivity index (χ3v) is 0.796. The van der Waals surface area contributed by atoms with E-state index in [2.05, 4.69) is 25.5 Å². The summed E-state index contributed by atoms with van der Waals surface area (Å²) in [5.74, 6) is -1.90. The van der Waals surface area contributed by atoms with Gasteiger partial charge in [0.05, 0.1) is 0 Å². The molecule has 0 radical (unpaired) electrons. The zero-order chi connectivity index (χ0) is 13.7. The SMILES string of the molecule is C=C(C)C(N)=O.C=CC(=O)O.C=CC(N)=O. The van der Waals surface area contributed by atoms with Gasteiger partial charge in [-0.3, -0.25) is 9.59 Å². The van der Waals surface area contributed by atoms with Crippen LogP contribution in [0.5, 0.6) is 0 Å². The molecule has 0 aromatic heterocycles. The molecule has 0 heterocycles. The molecule has 6 heteroatoms. The van der Waals surface area contributed by atoms with Gasteiger partial charge in [0.2, 0.25) is 11.8 Å². The third-order valence-electron chi connectivity index (χ3n) is 0.796. The van der Waals surface area contributed by atoms with Crippen LogP contribution in [0.25, 0.3) is 0 Å². The van der Waals surface area contributed by atoms with Crippen LogP contribution in [0.1, 0.15) is 6.92 Å². The van der Waals surface area contributed by atoms with Crippen molar-refractivity contribution in [3.05, 3.63) is 37.5 Å². The maximum absolute atomic E-state index is 9.82. The summed E-state index contributed by atoms with van der Waals surface area (Å²) in [6.07, 6.45) is 1.89. The van der Waals surface area contributed by atoms with Crippen LogP contribution in [0.3, 0.4) is 0 Å². The monoisotopic (exact) mass is 228 g/mol. The Morgan fingerprint density at radius 1 is 1.12 bits per heavy atom. The lowest BCUT2D eigenvalue weighted by atomic mass is 10.3. The lowest BCUT2D eigenvalue weighted by Gasteiger charge is -1.81. The second-order valence-electron chi connectivity index (χ2n) is 2.29. The van der Waals surface area contributed by atoms with Crippen LogP contribution in [0.2, 0.25) is 0 Å². The molecular formula is C10H16N2O4. The molecule has 0 aliphatic carbocycles. The fourth-order valence-electron chi connectivity index (χ4n) is 0. The number of carboxylic acids is 1. The highest BCUT2D eigenvalue weighted by atomic mass is 16.4. The van der Waals surface area contributed by atoms with E-state index in [1.165, 1.54) is 0 Å². The van der Waals surface area contributed by atoms with Crippen molar-refractivity contribution in [1.82, 2.24) is 0 Å². The summed E-state index contributed by atoms with van der Waals surface area (Å²) in [7, 11) is 0. The molecule has 0 bridgehead atoms. The van der Waals surface area contributed by atoms with Crippen LogP contribution in [0.4, 0.5) is 0 Å². The van der Waals surface area contributed by atoms with Crippen molar-refractivity contribution < 1.29 is 19.5 Å². The summed E-state index contributed by atoms with van der Waals surface area (Å²) >= 11 is 0. The number of aliphatic carboxylic acids is 1. The summed E-state index contributed by atoms with van der Waals surface area (Å²) in [6, 6.07) is 0. The Kier molecular flexibility index (Phi) is 15.2. The van der Waals surface area contributed by atoms with Crippen molar-refractivity contribution in [2.75, 3.05) is 0 Å². The molecule has 16 heavy (non-hydrogen) atoms. The fraction of sp³-hybridized carbons (Fsp3) is 0.100. The number of carboxylic acid groups (broad SMARTS) is 1. The number of hydrogen-bond donors (Lipinski definition) is 3. The smallest absolute Gasteiger partial charge is 0.327 e. The minimum absolute atomic E-state index is 0.398. The first kappa shape index (κ1) is 19.2. The van der Waals surface area contributed by atoms with Gasteiger partial charge in [-0.1, -0.05) is 19.7 Å². The zero-order valence-corrected chi connectivity index (χ0v) is 9.10. The molecule has 0 aromatic carbocycles. The molecular weight excluding hydrogens is 212 g/mol. The molecule has 0 fully saturated rings. The zero-order valence-electron chi connectivity index (χ0n) is 9.10. The van der Waals surface area contributed by atoms with Crippen LogP contribution in [-0.2, 0) is 14.4 Å². The van der Waals surface area contributed by atoms with E-state index in [0.717, 1.165) is 12.2 Å². The second kappa shape index (κ2) is 12.6. The summed E-state index contributed by atoms with van der Waals surface area (Å²) < 4.78 is 0. The molecule has 0 aromatic rings. The van der Waals surface area contributed by atoms with E-state index in [1.807, 2.05) is 0 Å². The molecule has 6 nitrogen and oxygen atoms in total. The van der Waals surface area contributed by atoms with Gasteiger partial charge in [-0.15, -0.1) is 0 Å². The second-order valence-corrected chi connectivity index (χ2v) is 2.29. The Bertz CT molecular complexity index is 265. The minimum Gasteiger partial charge on any atom is -0.478 e. The number of nitrogens with two attached hydrogens (primary N) is 2. The van der Waals surface area contributed by atoms with Crippen LogP contribution in [0, 0.1) is 0 Å². The molecule has 5 N–H and O–H groups in total. The summed E-state index contributed by atoms with van der Waals surface area (Å²) in [5.41, 5.74) is 9.63. The molecule has 0 rings (SSSR count). The number of rotatable bonds is 3. The average Bonchev–Trinajstić information content (AvgIpc) is 2.19. The topological polar surface area (TPSA) is 123 Å². The molecule has 2 amide bonds. The minimum atomic E-state index is -0.981. The van der Waals surface area contributed by atoms with Crippen LogP contribution in [0.15, 0.2) is 37.5 Å². The van der Waals surface area contributed by atoms with Gasteiger partial charge in [-0.05, 0) is 13.0 Å². The lowest BCUT2D eigenvalue weighted by Crippen LogP contribution is -2.10. The van der Waals surface area contributed by atoms with E-state index in [9.17, 15) is 14.4 Å². The maximum atomic E-state index is 9.82. The van der Waals surface area contributed by atoms with Crippen molar-refractivity contribution in [3.63, 3.8) is 0 Å². The predicted octanol–water partition coefficient (Wildman–Crippen LogP) is -0.0375. The van der Waals surface area contributed by atoms with E-state index < -0.39 is 17.8 Å². The highest BCUT2D eigenvalue weighted by Crippen LogP contribution is 1.78. The fourth-order valence-corrected chi connectivity index (χ4v) is 0. The van der Waals surface area contributed by atoms with Gasteiger partial charge in [0.15, 0.2) is 0 Å². The van der Waals surface area contributed by atoms with Crippen molar-refractivity contribution >= 4 is 17.8 Å². The maximum Gasteiger partial charge on any atom is 0.327 e. The Labute approximate surface area is 93.9 Å². The Morgan fingerprint density at radius 3 is 1.31 bits per heavy atom. The van der Waals surface area contributed by atoms with Gasteiger partial charge in [0.25, 0.3) is 0 Å². The first-order valence-corrected chi connectivity index (χ1v) is 3.91. The van der Waals surface area contributed by atoms with Gasteiger partial charge in [0, 0.05) is 11.6 Å². The summed E-state index contributed by atoms with van der Waals surface area (Å²) in [4.78, 5) is 28.5. The first-order valence-electron chi connectivity index (χ1n) is 3.91. The Balaban J connectivity index is -0.000000160. The molecule has 0 saturated carbocycles. The average molecular weight is 228 g/mol. The Morgan fingerprint density at radius 2 is 1.31 bits per heavy atom. The van der Waals surface area contributed by atoms with Gasteiger partial charge >= 0.3 is 5.97 Å². The molecule has 0 aliphatic rings. The third kappa shape index (κ3) is 41.5. The standard InChI is InChI=1S/C4H7NO.C3H5NO.C3H4O2/c1-3(2)4(5)6;2*1-2-3(4)5/h1H2,2H3,(H2,5,6);2H,1H2,(H2,4,5);2H,1H2,(H,4,5). The van der Waals surface area contributed by atoms with Gasteiger partial charge in [0.1, 0.15) is 0 Å². The molecule has 0 unspecified atom stereocenters. The van der Waals surface area contributed by atoms with Gasteiger partial charge < -0.3 is 16.6 Å². The quantitative estimate of drug-likeness (QED) is 0.586. The van der Waals surface area contributed by atoms with E-state index in [1.54, 1.807) is 6.92 Å². The van der Waals surface area contributed by atoms with Crippen LogP contribution in [-0.4, -0.2) is 22.9 Å². The largest absolute Gasteiger partial charge is 0.478 e. The van der Waals surface area contributed by atoms with E-state index >= 15 is 0 Å². The first-order chi connectivity index (χ1) is 7.18. The van der Waals surface area contributed by atoms with Crippen LogP contribution < -0.4 is 11.5 Å². The van der Waals surface area contributed by atoms with E-state index in [0.29, 0.717) is 5.57 Å². The van der Waals surface area contributed by atoms with Crippen molar-refractivity contribution in [3.8, 4) is 0 Å². The normalized spacial score (nSPS) is 6.81. The molecule has 0 aliphatic heterocycles. The summed E-state index contributed by atoms with van der Waals surface area (Å²) in [6.45, 7) is 10.9. The van der Waals surface area contributed by atoms with Crippen molar-refractivity contribution in [2.45, 2.75) is 6.92 Å². The summed E-state index contributed by atoms with van der Waals surface area (Å²) in [5, 5.41) is 7.60. The highest BCUT2D eigenvalue weighted by molar-refractivity contribution is 5.90. The van der Waals surface area contributed by atoms with Crippen molar-refractivity contribution in [2.24, 2.45) is 11.5 Å². The van der Waals surface area contributed by atoms with Gasteiger partial charge in [-0.25, -0.2) is 4.79 Å². The number of carbonyl (C=O) groups is 3.